The van der Waals surface area contributed by atoms with E-state index in [4.69, 9.17) is 11.6 Å². The van der Waals surface area contributed by atoms with Gasteiger partial charge in [-0.05, 0) is 48.9 Å². The van der Waals surface area contributed by atoms with Gasteiger partial charge >= 0.3 is 0 Å². The van der Waals surface area contributed by atoms with Crippen LogP contribution in [0.1, 0.15) is 31.7 Å². The van der Waals surface area contributed by atoms with Gasteiger partial charge in [-0.25, -0.2) is 4.39 Å². The molecule has 0 N–H and O–H groups in total. The third-order valence-electron chi connectivity index (χ3n) is 3.20. The Morgan fingerprint density at radius 3 is 2.76 bits per heavy atom. The Morgan fingerprint density at radius 2 is 2.18 bits per heavy atom. The standard InChI is InChI=1S/C14H19ClFN/c1-2-7-17(10-11-3-4-11)14-6-5-13(16)8-12(14)9-15/h5-6,8,11H,2-4,7,9-10H2,1H3. The fraction of sp³-hybridized carbons (Fsp3) is 0.571. The second-order valence-electron chi connectivity index (χ2n) is 4.80. The Morgan fingerprint density at radius 1 is 1.41 bits per heavy atom. The molecule has 0 aromatic heterocycles. The van der Waals surface area contributed by atoms with Crippen molar-refractivity contribution in [2.75, 3.05) is 18.0 Å². The zero-order valence-electron chi connectivity index (χ0n) is 10.3. The van der Waals surface area contributed by atoms with E-state index < -0.39 is 0 Å². The molecule has 0 saturated heterocycles. The molecule has 0 atom stereocenters. The van der Waals surface area contributed by atoms with Crippen molar-refractivity contribution in [3.05, 3.63) is 29.6 Å². The van der Waals surface area contributed by atoms with Crippen molar-refractivity contribution in [2.24, 2.45) is 5.92 Å². The van der Waals surface area contributed by atoms with Crippen LogP contribution in [0.5, 0.6) is 0 Å². The lowest BCUT2D eigenvalue weighted by atomic mass is 10.1. The summed E-state index contributed by atoms with van der Waals surface area (Å²) in [5, 5.41) is 0. The first-order valence-corrected chi connectivity index (χ1v) is 6.87. The molecule has 0 bridgehead atoms. The van der Waals surface area contributed by atoms with Gasteiger partial charge in [-0.2, -0.15) is 0 Å². The zero-order valence-corrected chi connectivity index (χ0v) is 11.0. The van der Waals surface area contributed by atoms with Gasteiger partial charge in [0.05, 0.1) is 0 Å². The maximum Gasteiger partial charge on any atom is 0.123 e. The summed E-state index contributed by atoms with van der Waals surface area (Å²) in [6.07, 6.45) is 3.76. The van der Waals surface area contributed by atoms with E-state index in [9.17, 15) is 4.39 Å². The molecule has 1 aromatic rings. The van der Waals surface area contributed by atoms with E-state index in [-0.39, 0.29) is 5.82 Å². The van der Waals surface area contributed by atoms with Crippen LogP contribution >= 0.6 is 11.6 Å². The maximum atomic E-state index is 13.2. The van der Waals surface area contributed by atoms with Crippen molar-refractivity contribution in [2.45, 2.75) is 32.1 Å². The molecule has 1 fully saturated rings. The number of rotatable bonds is 6. The molecule has 0 aliphatic heterocycles. The fourth-order valence-electron chi connectivity index (χ4n) is 2.16. The summed E-state index contributed by atoms with van der Waals surface area (Å²) >= 11 is 5.91. The van der Waals surface area contributed by atoms with Crippen LogP contribution in [0.15, 0.2) is 18.2 Å². The summed E-state index contributed by atoms with van der Waals surface area (Å²) in [6, 6.07) is 4.95. The van der Waals surface area contributed by atoms with Gasteiger partial charge in [0.15, 0.2) is 0 Å². The van der Waals surface area contributed by atoms with Gasteiger partial charge in [-0.3, -0.25) is 0 Å². The molecule has 0 heterocycles. The number of anilines is 1. The Bertz CT molecular complexity index is 376. The highest BCUT2D eigenvalue weighted by molar-refractivity contribution is 6.17. The predicted octanol–water partition coefficient (Wildman–Crippen LogP) is 4.19. The predicted molar refractivity (Wildman–Crippen MR) is 71.2 cm³/mol. The number of nitrogens with zero attached hydrogens (tertiary/aromatic N) is 1. The molecule has 17 heavy (non-hydrogen) atoms. The second kappa shape index (κ2) is 5.72. The molecular formula is C14H19ClFN. The normalized spacial score (nSPS) is 15.0. The van der Waals surface area contributed by atoms with Crippen molar-refractivity contribution >= 4 is 17.3 Å². The van der Waals surface area contributed by atoms with E-state index >= 15 is 0 Å². The van der Waals surface area contributed by atoms with Crippen LogP contribution in [-0.2, 0) is 5.88 Å². The molecule has 0 radical (unpaired) electrons. The third-order valence-corrected chi connectivity index (χ3v) is 3.48. The van der Waals surface area contributed by atoms with Crippen LogP contribution in [0.3, 0.4) is 0 Å². The molecular weight excluding hydrogens is 237 g/mol. The van der Waals surface area contributed by atoms with Crippen LogP contribution in [0, 0.1) is 11.7 Å². The molecule has 1 aromatic carbocycles. The van der Waals surface area contributed by atoms with E-state index in [1.807, 2.05) is 6.07 Å². The van der Waals surface area contributed by atoms with Crippen LogP contribution in [0.2, 0.25) is 0 Å². The summed E-state index contributed by atoms with van der Waals surface area (Å²) in [6.45, 7) is 4.28. The number of halogens is 2. The Labute approximate surface area is 108 Å². The quantitative estimate of drug-likeness (QED) is 0.689. The summed E-state index contributed by atoms with van der Waals surface area (Å²) < 4.78 is 13.2. The SMILES string of the molecule is CCCN(CC1CC1)c1ccc(F)cc1CCl. The molecule has 3 heteroatoms. The Hall–Kier alpha value is -0.760. The number of hydrogen-bond donors (Lipinski definition) is 0. The van der Waals surface area contributed by atoms with Gasteiger partial charge in [0.25, 0.3) is 0 Å². The first-order chi connectivity index (χ1) is 8.24. The molecule has 0 unspecified atom stereocenters. The monoisotopic (exact) mass is 255 g/mol. The lowest BCUT2D eigenvalue weighted by molar-refractivity contribution is 0.625. The first kappa shape index (κ1) is 12.7. The minimum atomic E-state index is -0.202. The summed E-state index contributed by atoms with van der Waals surface area (Å²) in [7, 11) is 0. The molecule has 1 saturated carbocycles. The van der Waals surface area contributed by atoms with Crippen LogP contribution in [0.4, 0.5) is 10.1 Å². The van der Waals surface area contributed by atoms with Crippen LogP contribution < -0.4 is 4.90 Å². The van der Waals surface area contributed by atoms with Crippen molar-refractivity contribution in [1.82, 2.24) is 0 Å². The van der Waals surface area contributed by atoms with Gasteiger partial charge in [0.1, 0.15) is 5.82 Å². The minimum Gasteiger partial charge on any atom is -0.371 e. The Kier molecular flexibility index (Phi) is 4.27. The van der Waals surface area contributed by atoms with Crippen LogP contribution in [-0.4, -0.2) is 13.1 Å². The Balaban J connectivity index is 2.20. The largest absolute Gasteiger partial charge is 0.371 e. The third kappa shape index (κ3) is 3.35. The van der Waals surface area contributed by atoms with Crippen molar-refractivity contribution < 1.29 is 4.39 Å². The average Bonchev–Trinajstić information content (AvgIpc) is 3.12. The first-order valence-electron chi connectivity index (χ1n) is 6.34. The lowest BCUT2D eigenvalue weighted by Crippen LogP contribution is -2.27. The van der Waals surface area contributed by atoms with E-state index in [1.165, 1.54) is 18.9 Å². The molecule has 1 nitrogen and oxygen atoms in total. The average molecular weight is 256 g/mol. The summed E-state index contributed by atoms with van der Waals surface area (Å²) in [5.41, 5.74) is 2.01. The molecule has 0 spiro atoms. The molecule has 2 rings (SSSR count). The highest BCUT2D eigenvalue weighted by Crippen LogP contribution is 2.33. The molecule has 0 amide bonds. The van der Waals surface area contributed by atoms with Gasteiger partial charge < -0.3 is 4.90 Å². The number of benzene rings is 1. The minimum absolute atomic E-state index is 0.202. The smallest absolute Gasteiger partial charge is 0.123 e. The van der Waals surface area contributed by atoms with Crippen molar-refractivity contribution in [3.8, 4) is 0 Å². The second-order valence-corrected chi connectivity index (χ2v) is 5.06. The number of hydrogen-bond acceptors (Lipinski definition) is 1. The summed E-state index contributed by atoms with van der Waals surface area (Å²) in [5.74, 6) is 1.000. The molecule has 1 aliphatic carbocycles. The fourth-order valence-corrected chi connectivity index (χ4v) is 2.38. The van der Waals surface area contributed by atoms with E-state index in [2.05, 4.69) is 11.8 Å². The molecule has 94 valence electrons. The summed E-state index contributed by atoms with van der Waals surface area (Å²) in [4.78, 5) is 2.36. The lowest BCUT2D eigenvalue weighted by Gasteiger charge is -2.26. The van der Waals surface area contributed by atoms with Gasteiger partial charge in [0, 0.05) is 24.7 Å². The zero-order chi connectivity index (χ0) is 12.3. The topological polar surface area (TPSA) is 3.24 Å². The van der Waals surface area contributed by atoms with Crippen LogP contribution in [0.25, 0.3) is 0 Å². The van der Waals surface area contributed by atoms with E-state index in [0.29, 0.717) is 5.88 Å². The highest BCUT2D eigenvalue weighted by Gasteiger charge is 2.25. The van der Waals surface area contributed by atoms with Gasteiger partial charge in [-0.1, -0.05) is 6.92 Å². The maximum absolute atomic E-state index is 13.2. The molecule has 1 aliphatic rings. The van der Waals surface area contributed by atoms with Crippen molar-refractivity contribution in [3.63, 3.8) is 0 Å². The number of alkyl halides is 1. The van der Waals surface area contributed by atoms with E-state index in [0.717, 1.165) is 36.7 Å². The van der Waals surface area contributed by atoms with Gasteiger partial charge in [0.2, 0.25) is 0 Å². The van der Waals surface area contributed by atoms with Crippen molar-refractivity contribution in [1.29, 1.82) is 0 Å². The van der Waals surface area contributed by atoms with Gasteiger partial charge in [-0.15, -0.1) is 11.6 Å². The highest BCUT2D eigenvalue weighted by atomic mass is 35.5. The van der Waals surface area contributed by atoms with E-state index in [1.54, 1.807) is 6.07 Å².